The summed E-state index contributed by atoms with van der Waals surface area (Å²) < 4.78 is 42.6. The van der Waals surface area contributed by atoms with Crippen molar-refractivity contribution in [3.8, 4) is 0 Å². The second-order valence-electron chi connectivity index (χ2n) is 22.4. The van der Waals surface area contributed by atoms with Crippen molar-refractivity contribution >= 4 is 23.6 Å². The van der Waals surface area contributed by atoms with Gasteiger partial charge in [-0.1, -0.05) is 111 Å². The third-order valence-electron chi connectivity index (χ3n) is 15.0. The van der Waals surface area contributed by atoms with Gasteiger partial charge in [0.25, 0.3) is 0 Å². The van der Waals surface area contributed by atoms with Crippen molar-refractivity contribution in [1.29, 1.82) is 0 Å². The van der Waals surface area contributed by atoms with Crippen LogP contribution in [-0.2, 0) is 47.5 Å². The Balaban J connectivity index is 1.57. The molecule has 80 heavy (non-hydrogen) atoms. The molecule has 468 valence electrons. The molecule has 17 atom stereocenters. The Morgan fingerprint density at radius 2 is 0.975 bits per heavy atom. The lowest BCUT2D eigenvalue weighted by Crippen LogP contribution is -2.67. The van der Waals surface area contributed by atoms with Gasteiger partial charge in [-0.05, 0) is 57.3 Å². The number of aliphatic imine (C=N–C) groups is 1. The Hall–Kier alpha value is -2.76. The molecule has 24 heteroatoms. The topological polar surface area (TPSA) is 395 Å². The van der Waals surface area contributed by atoms with Gasteiger partial charge in [-0.25, -0.2) is 0 Å². The average molecular weight is 1150 g/mol. The number of Topliss-reactive ketones (excluding diaryl/α,β-unsaturated/α-hetero) is 1. The quantitative estimate of drug-likeness (QED) is 0.0178. The van der Waals surface area contributed by atoms with Gasteiger partial charge in [-0.15, -0.1) is 0 Å². The third kappa shape index (κ3) is 26.0. The van der Waals surface area contributed by atoms with E-state index in [9.17, 15) is 65.4 Å². The largest absolute Gasteiger partial charge is 0.460 e. The summed E-state index contributed by atoms with van der Waals surface area (Å²) >= 11 is 0. The zero-order chi connectivity index (χ0) is 59.0. The standard InChI is InChI=1S/C56H104N4O20/c1-4-5-17-26-38(75-55-52(80-54-50(73)48(71)45(68)40(33-62)77-54)51(46(69)41(34-63)78-55)79-53-49(72)47(70)44(67)39(32-61)76-53)37(74-43(66)31-35(2)3)27-20-15-12-14-19-25-36(64)24-18-13-10-8-6-7-9-11-16-21-28-42(65)59-29-22-23-30-60-56(57)58/h35,37-41,44-55,61-63,67-73H,4-34H2,1-3H3,(H,59,65)(H4,57,58,60)/t37?,38?,39-,40+,41-,44+,45+,46+,47+,48-,49-,50+,51+,52-,53+,54-,55-/m1/s1. The molecule has 0 spiro atoms. The molecule has 0 saturated carbocycles. The predicted molar refractivity (Wildman–Crippen MR) is 293 cm³/mol. The normalized spacial score (nSPS) is 29.8. The van der Waals surface area contributed by atoms with Crippen molar-refractivity contribution in [2.75, 3.05) is 32.9 Å². The van der Waals surface area contributed by atoms with E-state index in [2.05, 4.69) is 10.3 Å². The summed E-state index contributed by atoms with van der Waals surface area (Å²) in [7, 11) is 0. The van der Waals surface area contributed by atoms with Gasteiger partial charge < -0.3 is 101 Å². The van der Waals surface area contributed by atoms with Gasteiger partial charge in [0.15, 0.2) is 24.8 Å². The van der Waals surface area contributed by atoms with Crippen LogP contribution in [0.15, 0.2) is 4.99 Å². The summed E-state index contributed by atoms with van der Waals surface area (Å²) in [6.45, 7) is 4.54. The zero-order valence-electron chi connectivity index (χ0n) is 48.0. The van der Waals surface area contributed by atoms with E-state index in [1.807, 2.05) is 20.8 Å². The minimum Gasteiger partial charge on any atom is -0.460 e. The monoisotopic (exact) mass is 1150 g/mol. The highest BCUT2D eigenvalue weighted by Gasteiger charge is 2.55. The van der Waals surface area contributed by atoms with Gasteiger partial charge in [0.1, 0.15) is 85.1 Å². The second kappa shape index (κ2) is 40.5. The first-order valence-electron chi connectivity index (χ1n) is 29.9. The van der Waals surface area contributed by atoms with Gasteiger partial charge >= 0.3 is 5.97 Å². The van der Waals surface area contributed by atoms with Crippen LogP contribution in [0.4, 0.5) is 0 Å². The lowest BCUT2D eigenvalue weighted by atomic mass is 9.95. The first-order chi connectivity index (χ1) is 38.4. The highest BCUT2D eigenvalue weighted by atomic mass is 16.8. The molecule has 24 nitrogen and oxygen atoms in total. The molecular formula is C56H104N4O20. The number of guanidine groups is 1. The Bertz CT molecular complexity index is 1700. The number of aliphatic hydroxyl groups is 10. The van der Waals surface area contributed by atoms with E-state index in [0.717, 1.165) is 103 Å². The maximum atomic E-state index is 13.4. The number of carbonyl (C=O) groups is 3. The molecule has 0 bridgehead atoms. The van der Waals surface area contributed by atoms with Crippen molar-refractivity contribution < 1.29 is 98.6 Å². The van der Waals surface area contributed by atoms with Crippen LogP contribution in [0, 0.1) is 5.92 Å². The van der Waals surface area contributed by atoms with Crippen LogP contribution >= 0.6 is 0 Å². The van der Waals surface area contributed by atoms with E-state index in [0.29, 0.717) is 58.0 Å². The molecule has 0 radical (unpaired) electrons. The SMILES string of the molecule is CCCCCC(O[C@@H]1O[C@H](CO)[C@H](O)[C@H](O[C@@H]2O[C@H](CO)[C@H](O)[C@H](O)[C@H]2O)[C@H]1O[C@H]1O[C@@H](CO)[C@H](O)[C@@H](O)[C@@H]1O)C(CCCCCCCC(=O)CCCCCCCCCCCCC(=O)NCCCCN=C(N)N)OC(=O)CC(C)C. The number of hydrogen-bond donors (Lipinski definition) is 13. The van der Waals surface area contributed by atoms with Crippen LogP contribution in [0.25, 0.3) is 0 Å². The van der Waals surface area contributed by atoms with Crippen LogP contribution in [0.5, 0.6) is 0 Å². The minimum atomic E-state index is -1.96. The number of aliphatic hydroxyl groups excluding tert-OH is 10. The minimum absolute atomic E-state index is 0.0344. The number of esters is 1. The first kappa shape index (κ1) is 71.5. The smallest absolute Gasteiger partial charge is 0.306 e. The van der Waals surface area contributed by atoms with Gasteiger partial charge in [-0.3, -0.25) is 19.4 Å². The van der Waals surface area contributed by atoms with Crippen LogP contribution in [0.2, 0.25) is 0 Å². The second-order valence-corrected chi connectivity index (χ2v) is 22.4. The maximum Gasteiger partial charge on any atom is 0.306 e. The van der Waals surface area contributed by atoms with Crippen molar-refractivity contribution in [3.05, 3.63) is 0 Å². The number of amides is 1. The third-order valence-corrected chi connectivity index (χ3v) is 15.0. The van der Waals surface area contributed by atoms with E-state index >= 15 is 0 Å². The van der Waals surface area contributed by atoms with E-state index in [-0.39, 0.29) is 30.0 Å². The number of rotatable bonds is 43. The van der Waals surface area contributed by atoms with Gasteiger partial charge in [0.05, 0.1) is 25.9 Å². The number of nitrogens with two attached hydrogens (primary N) is 2. The Kier molecular flexibility index (Phi) is 36.2. The van der Waals surface area contributed by atoms with E-state index in [4.69, 9.17) is 44.6 Å². The fourth-order valence-electron chi connectivity index (χ4n) is 10.2. The predicted octanol–water partition coefficient (Wildman–Crippen LogP) is 1.51. The number of carbonyl (C=O) groups excluding carboxylic acids is 3. The summed E-state index contributed by atoms with van der Waals surface area (Å²) in [5.74, 6) is -0.0586. The molecule has 3 heterocycles. The molecular weight excluding hydrogens is 1050 g/mol. The Labute approximate surface area is 473 Å². The van der Waals surface area contributed by atoms with Crippen molar-refractivity contribution in [3.63, 3.8) is 0 Å². The average Bonchev–Trinajstić information content (AvgIpc) is 3.44. The van der Waals surface area contributed by atoms with Crippen molar-refractivity contribution in [2.45, 2.75) is 292 Å². The summed E-state index contributed by atoms with van der Waals surface area (Å²) in [5, 5.41) is 109. The Morgan fingerprint density at radius 1 is 0.525 bits per heavy atom. The molecule has 15 N–H and O–H groups in total. The van der Waals surface area contributed by atoms with Crippen molar-refractivity contribution in [2.24, 2.45) is 22.4 Å². The van der Waals surface area contributed by atoms with Crippen LogP contribution in [0.1, 0.15) is 188 Å². The van der Waals surface area contributed by atoms with Crippen LogP contribution in [-0.4, -0.2) is 212 Å². The van der Waals surface area contributed by atoms with E-state index < -0.39 is 130 Å². The zero-order valence-corrected chi connectivity index (χ0v) is 48.0. The molecule has 0 aromatic rings. The van der Waals surface area contributed by atoms with E-state index in [1.165, 1.54) is 12.8 Å². The summed E-state index contributed by atoms with van der Waals surface area (Å²) in [5.41, 5.74) is 10.6. The molecule has 3 aliphatic rings. The highest BCUT2D eigenvalue weighted by molar-refractivity contribution is 5.78. The molecule has 3 fully saturated rings. The molecule has 0 aliphatic carbocycles. The van der Waals surface area contributed by atoms with Gasteiger partial charge in [-0.2, -0.15) is 0 Å². The first-order valence-corrected chi connectivity index (χ1v) is 29.9. The molecule has 0 aromatic carbocycles. The molecule has 1 amide bonds. The summed E-state index contributed by atoms with van der Waals surface area (Å²) in [6.07, 6.45) is -7.21. The number of nitrogens with one attached hydrogen (secondary N) is 1. The molecule has 3 rings (SSSR count). The molecule has 2 unspecified atom stereocenters. The van der Waals surface area contributed by atoms with E-state index in [1.54, 1.807) is 0 Å². The highest BCUT2D eigenvalue weighted by Crippen LogP contribution is 2.36. The van der Waals surface area contributed by atoms with Crippen molar-refractivity contribution in [1.82, 2.24) is 5.32 Å². The lowest BCUT2D eigenvalue weighted by Gasteiger charge is -2.49. The van der Waals surface area contributed by atoms with Gasteiger partial charge in [0.2, 0.25) is 5.91 Å². The molecule has 3 aliphatic heterocycles. The fraction of sp³-hybridized carbons (Fsp3) is 0.929. The van der Waals surface area contributed by atoms with Crippen LogP contribution in [0.3, 0.4) is 0 Å². The maximum absolute atomic E-state index is 13.4. The number of ketones is 1. The number of unbranched alkanes of at least 4 members (excludes halogenated alkanes) is 16. The number of hydrogen-bond acceptors (Lipinski definition) is 21. The number of nitrogens with zero attached hydrogens (tertiary/aromatic N) is 1. The number of ether oxygens (including phenoxy) is 7. The van der Waals surface area contributed by atoms with Gasteiger partial charge in [0, 0.05) is 38.8 Å². The van der Waals surface area contributed by atoms with Crippen LogP contribution < -0.4 is 16.8 Å². The Morgan fingerprint density at radius 3 is 1.48 bits per heavy atom. The molecule has 3 saturated heterocycles. The fourth-order valence-corrected chi connectivity index (χ4v) is 10.2. The summed E-state index contributed by atoms with van der Waals surface area (Å²) in [4.78, 5) is 42.2. The lowest BCUT2D eigenvalue weighted by molar-refractivity contribution is -0.396. The molecule has 0 aromatic heterocycles. The summed E-state index contributed by atoms with van der Waals surface area (Å²) in [6, 6.07) is 0.